The van der Waals surface area contributed by atoms with Gasteiger partial charge in [-0.2, -0.15) is 16.1 Å². The van der Waals surface area contributed by atoms with Gasteiger partial charge in [-0.05, 0) is 59.7 Å². The van der Waals surface area contributed by atoms with Crippen molar-refractivity contribution in [1.29, 1.82) is 0 Å². The van der Waals surface area contributed by atoms with Gasteiger partial charge in [0.25, 0.3) is 0 Å². The van der Waals surface area contributed by atoms with Crippen molar-refractivity contribution in [2.45, 2.75) is 29.7 Å². The smallest absolute Gasteiger partial charge is 0.324 e. The van der Waals surface area contributed by atoms with Crippen molar-refractivity contribution in [3.05, 3.63) is 90.0 Å². The minimum absolute atomic E-state index is 0.0675. The number of benzene rings is 3. The zero-order valence-electron chi connectivity index (χ0n) is 22.7. The van der Waals surface area contributed by atoms with Crippen molar-refractivity contribution in [2.24, 2.45) is 0 Å². The Balaban J connectivity index is 1.81. The van der Waals surface area contributed by atoms with E-state index in [2.05, 4.69) is 5.32 Å². The number of thioether (sulfide) groups is 1. The van der Waals surface area contributed by atoms with Crippen LogP contribution in [0.2, 0.25) is 0 Å². The van der Waals surface area contributed by atoms with Crippen molar-refractivity contribution < 1.29 is 32.2 Å². The maximum Gasteiger partial charge on any atom is 0.324 e. The third-order valence-corrected chi connectivity index (χ3v) is 9.01. The first-order valence-electron chi connectivity index (χ1n) is 12.5. The summed E-state index contributed by atoms with van der Waals surface area (Å²) in [6.07, 6.45) is 0.158. The lowest BCUT2D eigenvalue weighted by Crippen LogP contribution is -2.50. The minimum atomic E-state index is -4.27. The molecular formula is C29H34N2O7S2. The second-order valence-electron chi connectivity index (χ2n) is 8.72. The Morgan fingerprint density at radius 2 is 1.45 bits per heavy atom. The predicted octanol–water partition coefficient (Wildman–Crippen LogP) is 3.88. The molecule has 3 rings (SSSR count). The van der Waals surface area contributed by atoms with Crippen molar-refractivity contribution in [3.8, 4) is 11.5 Å². The predicted molar refractivity (Wildman–Crippen MR) is 155 cm³/mol. The summed E-state index contributed by atoms with van der Waals surface area (Å²) in [5.74, 6) is 1.03. The molecule has 214 valence electrons. The fourth-order valence-corrected chi connectivity index (χ4v) is 6.39. The lowest BCUT2D eigenvalue weighted by atomic mass is 10.2. The number of amides is 1. The van der Waals surface area contributed by atoms with E-state index in [0.717, 1.165) is 15.4 Å². The number of carbonyl (C=O) groups excluding carboxylic acids is 2. The summed E-state index contributed by atoms with van der Waals surface area (Å²) in [6.45, 7) is -0.386. The SMILES string of the molecule is COC(=O)C(CCSCc1ccccc1)N(CC(=O)NCc1ccc(OC)cc1)S(=O)(=O)c1ccc(OC)cc1. The van der Waals surface area contributed by atoms with Crippen molar-refractivity contribution in [3.63, 3.8) is 0 Å². The van der Waals surface area contributed by atoms with E-state index in [1.54, 1.807) is 43.1 Å². The fourth-order valence-electron chi connectivity index (χ4n) is 3.86. The van der Waals surface area contributed by atoms with Crippen LogP contribution in [0.5, 0.6) is 11.5 Å². The first-order chi connectivity index (χ1) is 19.3. The number of ether oxygens (including phenoxy) is 3. The van der Waals surface area contributed by atoms with Gasteiger partial charge < -0.3 is 19.5 Å². The van der Waals surface area contributed by atoms with Gasteiger partial charge in [0.05, 0.1) is 32.8 Å². The molecule has 0 heterocycles. The summed E-state index contributed by atoms with van der Waals surface area (Å²) in [7, 11) is -0.0260. The lowest BCUT2D eigenvalue weighted by Gasteiger charge is -2.28. The molecule has 0 saturated carbocycles. The molecule has 0 aliphatic rings. The van der Waals surface area contributed by atoms with Crippen LogP contribution < -0.4 is 14.8 Å². The van der Waals surface area contributed by atoms with Gasteiger partial charge in [0.1, 0.15) is 17.5 Å². The monoisotopic (exact) mass is 586 g/mol. The second-order valence-corrected chi connectivity index (χ2v) is 11.7. The third kappa shape index (κ3) is 8.73. The van der Waals surface area contributed by atoms with Gasteiger partial charge in [-0.25, -0.2) is 8.42 Å². The molecule has 0 aliphatic heterocycles. The number of sulfonamides is 1. The molecule has 3 aromatic carbocycles. The van der Waals surface area contributed by atoms with Crippen LogP contribution in [0.25, 0.3) is 0 Å². The van der Waals surface area contributed by atoms with Crippen LogP contribution in [0.15, 0.2) is 83.8 Å². The van der Waals surface area contributed by atoms with Gasteiger partial charge in [-0.15, -0.1) is 0 Å². The van der Waals surface area contributed by atoms with E-state index in [4.69, 9.17) is 14.2 Å². The van der Waals surface area contributed by atoms with Crippen LogP contribution in [0, 0.1) is 0 Å². The number of carbonyl (C=O) groups is 2. The summed E-state index contributed by atoms with van der Waals surface area (Å²) in [5.41, 5.74) is 1.92. The Hall–Kier alpha value is -3.54. The largest absolute Gasteiger partial charge is 0.497 e. The van der Waals surface area contributed by atoms with Crippen LogP contribution >= 0.6 is 11.8 Å². The average Bonchev–Trinajstić information content (AvgIpc) is 2.99. The number of hydrogen-bond acceptors (Lipinski definition) is 8. The molecular weight excluding hydrogens is 552 g/mol. The van der Waals surface area contributed by atoms with E-state index >= 15 is 0 Å². The molecule has 40 heavy (non-hydrogen) atoms. The fraction of sp³-hybridized carbons (Fsp3) is 0.310. The van der Waals surface area contributed by atoms with Crippen LogP contribution in [-0.4, -0.2) is 64.3 Å². The van der Waals surface area contributed by atoms with Gasteiger partial charge in [0.15, 0.2) is 0 Å². The molecule has 3 aromatic rings. The normalized spacial score (nSPS) is 12.0. The zero-order chi connectivity index (χ0) is 29.0. The lowest BCUT2D eigenvalue weighted by molar-refractivity contribution is -0.145. The van der Waals surface area contributed by atoms with Crippen molar-refractivity contribution in [2.75, 3.05) is 33.6 Å². The molecule has 0 radical (unpaired) electrons. The van der Waals surface area contributed by atoms with Gasteiger partial charge in [-0.3, -0.25) is 9.59 Å². The minimum Gasteiger partial charge on any atom is -0.497 e. The Bertz CT molecular complexity index is 1330. The first kappa shape index (κ1) is 31.0. The third-order valence-electron chi connectivity index (χ3n) is 6.08. The molecule has 0 aromatic heterocycles. The van der Waals surface area contributed by atoms with Gasteiger partial charge in [0.2, 0.25) is 15.9 Å². The molecule has 9 nitrogen and oxygen atoms in total. The number of nitrogens with one attached hydrogen (secondary N) is 1. The van der Waals surface area contributed by atoms with Gasteiger partial charge in [-0.1, -0.05) is 42.5 Å². The molecule has 1 N–H and O–H groups in total. The highest BCUT2D eigenvalue weighted by molar-refractivity contribution is 7.98. The molecule has 0 bridgehead atoms. The number of methoxy groups -OCH3 is 3. The molecule has 0 spiro atoms. The van der Waals surface area contributed by atoms with E-state index in [0.29, 0.717) is 23.0 Å². The molecule has 1 unspecified atom stereocenters. The molecule has 0 saturated heterocycles. The second kappa shape index (κ2) is 15.3. The summed E-state index contributed by atoms with van der Waals surface area (Å²) in [4.78, 5) is 25.9. The Morgan fingerprint density at radius 1 is 0.850 bits per heavy atom. The Morgan fingerprint density at radius 3 is 2.02 bits per heavy atom. The highest BCUT2D eigenvalue weighted by atomic mass is 32.2. The Kier molecular flexibility index (Phi) is 11.9. The molecule has 1 atom stereocenters. The number of rotatable bonds is 15. The number of hydrogen-bond donors (Lipinski definition) is 1. The van der Waals surface area contributed by atoms with E-state index in [-0.39, 0.29) is 17.9 Å². The maximum atomic E-state index is 13.8. The molecule has 11 heteroatoms. The van der Waals surface area contributed by atoms with Crippen LogP contribution in [-0.2, 0) is 36.6 Å². The van der Waals surface area contributed by atoms with Crippen LogP contribution in [0.4, 0.5) is 0 Å². The van der Waals surface area contributed by atoms with E-state index in [1.165, 1.54) is 38.5 Å². The first-order valence-corrected chi connectivity index (χ1v) is 15.1. The van der Waals surface area contributed by atoms with Crippen molar-refractivity contribution >= 4 is 33.7 Å². The Labute approximate surface area is 239 Å². The van der Waals surface area contributed by atoms with E-state index in [9.17, 15) is 18.0 Å². The maximum absolute atomic E-state index is 13.8. The summed E-state index contributed by atoms with van der Waals surface area (Å²) < 4.78 is 43.8. The molecule has 0 aliphatic carbocycles. The average molecular weight is 587 g/mol. The number of esters is 1. The van der Waals surface area contributed by atoms with Crippen LogP contribution in [0.3, 0.4) is 0 Å². The topological polar surface area (TPSA) is 111 Å². The summed E-state index contributed by atoms with van der Waals surface area (Å²) in [5, 5.41) is 2.75. The molecule has 1 amide bonds. The standard InChI is InChI=1S/C29H34N2O7S2/c1-36-24-11-9-22(10-12-24)19-30-28(32)20-31(40(34,35)26-15-13-25(37-2)14-16-26)27(29(33)38-3)17-18-39-21-23-7-5-4-6-8-23/h4-16,27H,17-21H2,1-3H3,(H,30,32). The van der Waals surface area contributed by atoms with Gasteiger partial charge in [0, 0.05) is 12.3 Å². The highest BCUT2D eigenvalue weighted by Gasteiger charge is 2.38. The van der Waals surface area contributed by atoms with Gasteiger partial charge >= 0.3 is 5.97 Å². The molecule has 0 fully saturated rings. The quantitative estimate of drug-likeness (QED) is 0.211. The van der Waals surface area contributed by atoms with E-state index in [1.807, 2.05) is 30.3 Å². The van der Waals surface area contributed by atoms with Crippen LogP contribution in [0.1, 0.15) is 17.5 Å². The number of nitrogens with zero attached hydrogens (tertiary/aromatic N) is 1. The van der Waals surface area contributed by atoms with E-state index < -0.39 is 34.5 Å². The van der Waals surface area contributed by atoms with Crippen molar-refractivity contribution in [1.82, 2.24) is 9.62 Å². The zero-order valence-corrected chi connectivity index (χ0v) is 24.4. The highest BCUT2D eigenvalue weighted by Crippen LogP contribution is 2.24. The summed E-state index contributed by atoms with van der Waals surface area (Å²) >= 11 is 1.56. The summed E-state index contributed by atoms with van der Waals surface area (Å²) in [6, 6.07) is 21.5.